The van der Waals surface area contributed by atoms with Crippen LogP contribution in [0, 0.1) is 0 Å². The van der Waals surface area contributed by atoms with Crippen LogP contribution in [0.15, 0.2) is 0 Å². The average molecular weight is 252 g/mol. The molecule has 0 amide bonds. The molecule has 0 saturated carbocycles. The normalized spacial score (nSPS) is 38.3. The molecule has 7 nitrogen and oxygen atoms in total. The van der Waals surface area contributed by atoms with Gasteiger partial charge in [0.25, 0.3) is 0 Å². The van der Waals surface area contributed by atoms with Gasteiger partial charge < -0.3 is 35.0 Å². The van der Waals surface area contributed by atoms with E-state index in [1.165, 1.54) is 0 Å². The minimum absolute atomic E-state index is 0.0536. The van der Waals surface area contributed by atoms with Crippen LogP contribution in [0.2, 0.25) is 0 Å². The summed E-state index contributed by atoms with van der Waals surface area (Å²) in [6.45, 7) is -0.164. The first-order chi connectivity index (χ1) is 8.11. The molecule has 0 aliphatic carbocycles. The summed E-state index contributed by atoms with van der Waals surface area (Å²) in [6.07, 6.45) is -5.01. The third-order valence-corrected chi connectivity index (χ3v) is 2.68. The predicted octanol–water partition coefficient (Wildman–Crippen LogP) is -2.42. The highest BCUT2D eigenvalue weighted by Crippen LogP contribution is 2.21. The third kappa shape index (κ3) is 3.85. The van der Waals surface area contributed by atoms with Crippen LogP contribution in [0.25, 0.3) is 0 Å². The zero-order valence-electron chi connectivity index (χ0n) is 9.47. The summed E-state index contributed by atoms with van der Waals surface area (Å²) >= 11 is 0. The molecule has 102 valence electrons. The molecule has 1 saturated heterocycles. The van der Waals surface area contributed by atoms with Crippen molar-refractivity contribution in [1.82, 2.24) is 0 Å². The van der Waals surface area contributed by atoms with Gasteiger partial charge in [0.2, 0.25) is 0 Å². The summed E-state index contributed by atoms with van der Waals surface area (Å²) in [5.74, 6) is 0. The molecule has 5 N–H and O–H groups in total. The van der Waals surface area contributed by atoms with Crippen LogP contribution in [-0.2, 0) is 9.47 Å². The fourth-order valence-electron chi connectivity index (χ4n) is 1.62. The van der Waals surface area contributed by atoms with E-state index >= 15 is 0 Å². The van der Waals surface area contributed by atoms with Crippen molar-refractivity contribution in [3.63, 3.8) is 0 Å². The molecule has 0 spiro atoms. The summed E-state index contributed by atoms with van der Waals surface area (Å²) in [5, 5.41) is 46.0. The predicted molar refractivity (Wildman–Crippen MR) is 56.0 cm³/mol. The Kier molecular flexibility index (Phi) is 6.28. The van der Waals surface area contributed by atoms with Crippen LogP contribution in [-0.4, -0.2) is 76.1 Å². The van der Waals surface area contributed by atoms with Crippen molar-refractivity contribution in [2.45, 2.75) is 43.5 Å². The number of aliphatic hydroxyl groups is 5. The Morgan fingerprint density at radius 2 is 1.65 bits per heavy atom. The van der Waals surface area contributed by atoms with Crippen molar-refractivity contribution in [3.05, 3.63) is 0 Å². The van der Waals surface area contributed by atoms with Gasteiger partial charge in [0, 0.05) is 13.2 Å². The van der Waals surface area contributed by atoms with E-state index in [0.717, 1.165) is 0 Å². The van der Waals surface area contributed by atoms with Gasteiger partial charge in [0.15, 0.2) is 6.29 Å². The Labute approximate surface area is 99.2 Å². The standard InChI is InChI=1S/C10H20O7/c11-3-1-2-4-16-10-9(15)8(14)7(13)6(5-12)17-10/h6-15H,1-5H2/t6-,7+,8+,9-,10-/m1/s1. The van der Waals surface area contributed by atoms with Crippen molar-refractivity contribution in [2.75, 3.05) is 19.8 Å². The van der Waals surface area contributed by atoms with Gasteiger partial charge >= 0.3 is 0 Å². The van der Waals surface area contributed by atoms with Gasteiger partial charge in [-0.2, -0.15) is 0 Å². The summed E-state index contributed by atoms with van der Waals surface area (Å²) < 4.78 is 10.3. The number of ether oxygens (including phenoxy) is 2. The van der Waals surface area contributed by atoms with Crippen molar-refractivity contribution in [3.8, 4) is 0 Å². The SMILES string of the molecule is OCCCCO[C@@H]1O[C@H](CO)[C@H](O)[C@H](O)[C@H]1O. The number of aliphatic hydroxyl groups excluding tert-OH is 5. The van der Waals surface area contributed by atoms with Crippen LogP contribution < -0.4 is 0 Å². The van der Waals surface area contributed by atoms with Crippen molar-refractivity contribution >= 4 is 0 Å². The lowest BCUT2D eigenvalue weighted by Crippen LogP contribution is -2.59. The summed E-state index contributed by atoms with van der Waals surface area (Å²) in [5.41, 5.74) is 0. The van der Waals surface area contributed by atoms with Crippen molar-refractivity contribution < 1.29 is 35.0 Å². The lowest BCUT2D eigenvalue weighted by molar-refractivity contribution is -0.301. The molecule has 1 fully saturated rings. The largest absolute Gasteiger partial charge is 0.396 e. The highest BCUT2D eigenvalue weighted by Gasteiger charge is 2.43. The first kappa shape index (κ1) is 14.8. The van der Waals surface area contributed by atoms with E-state index in [1.807, 2.05) is 0 Å². The fourth-order valence-corrected chi connectivity index (χ4v) is 1.62. The van der Waals surface area contributed by atoms with E-state index in [-0.39, 0.29) is 13.2 Å². The molecule has 0 aromatic rings. The van der Waals surface area contributed by atoms with Gasteiger partial charge in [0.1, 0.15) is 24.4 Å². The number of hydrogen-bond acceptors (Lipinski definition) is 7. The summed E-state index contributed by atoms with van der Waals surface area (Å²) in [7, 11) is 0. The van der Waals surface area contributed by atoms with Crippen LogP contribution in [0.5, 0.6) is 0 Å². The van der Waals surface area contributed by atoms with Gasteiger partial charge in [-0.05, 0) is 12.8 Å². The monoisotopic (exact) mass is 252 g/mol. The Morgan fingerprint density at radius 3 is 2.24 bits per heavy atom. The Morgan fingerprint density at radius 1 is 0.941 bits per heavy atom. The van der Waals surface area contributed by atoms with E-state index in [2.05, 4.69) is 0 Å². The first-order valence-corrected chi connectivity index (χ1v) is 5.64. The molecule has 0 radical (unpaired) electrons. The molecular weight excluding hydrogens is 232 g/mol. The highest BCUT2D eigenvalue weighted by atomic mass is 16.7. The van der Waals surface area contributed by atoms with Crippen LogP contribution in [0.4, 0.5) is 0 Å². The maximum atomic E-state index is 9.59. The zero-order valence-corrected chi connectivity index (χ0v) is 9.47. The Bertz CT molecular complexity index is 211. The summed E-state index contributed by atoms with van der Waals surface area (Å²) in [6, 6.07) is 0. The van der Waals surface area contributed by atoms with Crippen molar-refractivity contribution in [1.29, 1.82) is 0 Å². The number of hydrogen-bond donors (Lipinski definition) is 5. The molecule has 0 unspecified atom stereocenters. The van der Waals surface area contributed by atoms with E-state index in [0.29, 0.717) is 12.8 Å². The second-order valence-corrected chi connectivity index (χ2v) is 4.00. The Balaban J connectivity index is 2.42. The van der Waals surface area contributed by atoms with Gasteiger partial charge in [-0.1, -0.05) is 0 Å². The minimum Gasteiger partial charge on any atom is -0.396 e. The van der Waals surface area contributed by atoms with Crippen molar-refractivity contribution in [2.24, 2.45) is 0 Å². The summed E-state index contributed by atoms with van der Waals surface area (Å²) in [4.78, 5) is 0. The maximum absolute atomic E-state index is 9.59. The topological polar surface area (TPSA) is 120 Å². The van der Waals surface area contributed by atoms with Gasteiger partial charge in [-0.25, -0.2) is 0 Å². The molecule has 0 aromatic carbocycles. The molecule has 1 rings (SSSR count). The van der Waals surface area contributed by atoms with E-state index in [4.69, 9.17) is 19.7 Å². The lowest BCUT2D eigenvalue weighted by atomic mass is 9.99. The molecule has 5 atom stereocenters. The molecule has 0 bridgehead atoms. The van der Waals surface area contributed by atoms with Crippen LogP contribution in [0.1, 0.15) is 12.8 Å². The minimum atomic E-state index is -1.41. The third-order valence-electron chi connectivity index (χ3n) is 2.68. The van der Waals surface area contributed by atoms with Gasteiger partial charge in [-0.15, -0.1) is 0 Å². The average Bonchev–Trinajstić information content (AvgIpc) is 2.34. The quantitative estimate of drug-likeness (QED) is 0.333. The molecule has 1 aliphatic rings. The fraction of sp³-hybridized carbons (Fsp3) is 1.00. The Hall–Kier alpha value is -0.280. The second-order valence-electron chi connectivity index (χ2n) is 4.00. The van der Waals surface area contributed by atoms with Crippen LogP contribution >= 0.6 is 0 Å². The van der Waals surface area contributed by atoms with E-state index in [1.54, 1.807) is 0 Å². The molecule has 7 heteroatoms. The molecule has 17 heavy (non-hydrogen) atoms. The number of rotatable bonds is 6. The van der Waals surface area contributed by atoms with E-state index < -0.39 is 37.3 Å². The first-order valence-electron chi connectivity index (χ1n) is 5.64. The van der Waals surface area contributed by atoms with E-state index in [9.17, 15) is 15.3 Å². The lowest BCUT2D eigenvalue weighted by Gasteiger charge is -2.39. The number of unbranched alkanes of at least 4 members (excludes halogenated alkanes) is 1. The maximum Gasteiger partial charge on any atom is 0.186 e. The highest BCUT2D eigenvalue weighted by molar-refractivity contribution is 4.88. The molecule has 0 aromatic heterocycles. The molecule has 1 heterocycles. The second kappa shape index (κ2) is 7.22. The van der Waals surface area contributed by atoms with Gasteiger partial charge in [-0.3, -0.25) is 0 Å². The van der Waals surface area contributed by atoms with Gasteiger partial charge in [0.05, 0.1) is 6.61 Å². The smallest absolute Gasteiger partial charge is 0.186 e. The van der Waals surface area contributed by atoms with Crippen LogP contribution in [0.3, 0.4) is 0 Å². The molecular formula is C10H20O7. The molecule has 1 aliphatic heterocycles. The zero-order chi connectivity index (χ0) is 12.8.